The average Bonchev–Trinajstić information content (AvgIpc) is 3.26. The zero-order chi connectivity index (χ0) is 23.9. The van der Waals surface area contributed by atoms with Gasteiger partial charge in [-0.15, -0.1) is 0 Å². The van der Waals surface area contributed by atoms with Gasteiger partial charge >= 0.3 is 0 Å². The lowest BCUT2D eigenvalue weighted by Crippen LogP contribution is -2.27. The van der Waals surface area contributed by atoms with E-state index in [4.69, 9.17) is 11.5 Å². The van der Waals surface area contributed by atoms with E-state index in [0.29, 0.717) is 11.6 Å². The number of hydrogen-bond donors (Lipinski definition) is 3. The Bertz CT molecular complexity index is 1730. The fraction of sp³-hybridized carbons (Fsp3) is 0.129. The van der Waals surface area contributed by atoms with Crippen LogP contribution in [-0.4, -0.2) is 16.9 Å². The standard InChI is InChI=1S/C18H17N.C13H10N2O/c19-14-8-5-13-7-9-16-15-4-2-1-3-12(15)6-10-17(16)18(13)11-14;14-13(16)8-5-6-12-10(7-8)9-3-1-2-4-11(9)15-12/h1-4,6-7,9-10,14H,5,8,11,19H2;1-7,15H,(H2,14,16). The Kier molecular flexibility index (Phi) is 5.24. The van der Waals surface area contributed by atoms with Crippen molar-refractivity contribution in [2.75, 3.05) is 0 Å². The molecule has 0 saturated heterocycles. The van der Waals surface area contributed by atoms with Crippen LogP contribution in [0.5, 0.6) is 0 Å². The van der Waals surface area contributed by atoms with Gasteiger partial charge in [-0.2, -0.15) is 0 Å². The molecule has 1 atom stereocenters. The molecule has 1 heterocycles. The van der Waals surface area contributed by atoms with Gasteiger partial charge in [0, 0.05) is 33.4 Å². The Labute approximate surface area is 203 Å². The molecule has 4 nitrogen and oxygen atoms in total. The Hall–Kier alpha value is -4.15. The number of amides is 1. The first kappa shape index (κ1) is 21.4. The minimum Gasteiger partial charge on any atom is -0.366 e. The number of aromatic nitrogens is 1. The second-order valence-electron chi connectivity index (χ2n) is 9.38. The number of nitrogens with two attached hydrogens (primary N) is 2. The van der Waals surface area contributed by atoms with Crippen molar-refractivity contribution in [2.45, 2.75) is 25.3 Å². The van der Waals surface area contributed by atoms with Crippen molar-refractivity contribution in [3.05, 3.63) is 108 Å². The second kappa shape index (κ2) is 8.57. The third-order valence-electron chi connectivity index (χ3n) is 7.18. The van der Waals surface area contributed by atoms with E-state index in [2.05, 4.69) is 53.5 Å². The molecule has 0 fully saturated rings. The maximum absolute atomic E-state index is 11.1. The molecular weight excluding hydrogens is 430 g/mol. The lowest BCUT2D eigenvalue weighted by Gasteiger charge is -2.23. The SMILES string of the molecule is NC(=O)c1ccc2[nH]c3ccccc3c2c1.NC1CCc2ccc3c(ccc4ccccc43)c2C1. The highest BCUT2D eigenvalue weighted by atomic mass is 16.1. The summed E-state index contributed by atoms with van der Waals surface area (Å²) in [5, 5.41) is 7.57. The summed E-state index contributed by atoms with van der Waals surface area (Å²) < 4.78 is 0. The zero-order valence-electron chi connectivity index (χ0n) is 19.4. The van der Waals surface area contributed by atoms with Gasteiger partial charge in [0.05, 0.1) is 0 Å². The van der Waals surface area contributed by atoms with E-state index >= 15 is 0 Å². The van der Waals surface area contributed by atoms with E-state index in [1.54, 1.807) is 6.07 Å². The highest BCUT2D eigenvalue weighted by molar-refractivity contribution is 6.10. The number of benzene rings is 5. The van der Waals surface area contributed by atoms with Crippen LogP contribution in [0.15, 0.2) is 91.0 Å². The Balaban J connectivity index is 0.000000133. The van der Waals surface area contributed by atoms with Crippen LogP contribution >= 0.6 is 0 Å². The van der Waals surface area contributed by atoms with Crippen molar-refractivity contribution in [3.8, 4) is 0 Å². The molecule has 4 heteroatoms. The number of carbonyl (C=O) groups is 1. The minimum absolute atomic E-state index is 0.324. The van der Waals surface area contributed by atoms with Gasteiger partial charge in [0.2, 0.25) is 5.91 Å². The first-order chi connectivity index (χ1) is 17.1. The maximum atomic E-state index is 11.1. The van der Waals surface area contributed by atoms with Crippen LogP contribution in [0.1, 0.15) is 27.9 Å². The molecule has 0 bridgehead atoms. The largest absolute Gasteiger partial charge is 0.366 e. The summed E-state index contributed by atoms with van der Waals surface area (Å²) in [5.41, 5.74) is 17.0. The van der Waals surface area contributed by atoms with Crippen LogP contribution in [0.3, 0.4) is 0 Å². The molecule has 0 radical (unpaired) electrons. The summed E-state index contributed by atoms with van der Waals surface area (Å²) >= 11 is 0. The van der Waals surface area contributed by atoms with Crippen LogP contribution in [0, 0.1) is 0 Å². The molecule has 5 N–H and O–H groups in total. The van der Waals surface area contributed by atoms with E-state index in [1.807, 2.05) is 36.4 Å². The minimum atomic E-state index is -0.396. The van der Waals surface area contributed by atoms with Crippen molar-refractivity contribution in [1.29, 1.82) is 0 Å². The molecule has 0 saturated carbocycles. The first-order valence-electron chi connectivity index (χ1n) is 12.1. The van der Waals surface area contributed by atoms with E-state index in [0.717, 1.165) is 41.1 Å². The van der Waals surface area contributed by atoms with Crippen molar-refractivity contribution in [2.24, 2.45) is 11.5 Å². The number of H-pyrrole nitrogens is 1. The summed E-state index contributed by atoms with van der Waals surface area (Å²) in [6.45, 7) is 0. The smallest absolute Gasteiger partial charge is 0.248 e. The van der Waals surface area contributed by atoms with Crippen LogP contribution in [-0.2, 0) is 12.8 Å². The molecule has 0 aliphatic heterocycles. The average molecular weight is 458 g/mol. The molecule has 7 rings (SSSR count). The molecule has 1 amide bonds. The highest BCUT2D eigenvalue weighted by Crippen LogP contribution is 2.33. The van der Waals surface area contributed by atoms with E-state index in [-0.39, 0.29) is 0 Å². The normalized spacial score (nSPS) is 15.2. The highest BCUT2D eigenvalue weighted by Gasteiger charge is 2.18. The number of fused-ring (bicyclic) bond motifs is 8. The number of nitrogens with one attached hydrogen (secondary N) is 1. The number of aryl methyl sites for hydroxylation is 1. The van der Waals surface area contributed by atoms with E-state index in [1.165, 1.54) is 32.7 Å². The number of aromatic amines is 1. The summed E-state index contributed by atoms with van der Waals surface area (Å²) in [4.78, 5) is 14.4. The van der Waals surface area contributed by atoms with Crippen molar-refractivity contribution < 1.29 is 4.79 Å². The topological polar surface area (TPSA) is 84.9 Å². The van der Waals surface area contributed by atoms with Gasteiger partial charge in [-0.25, -0.2) is 0 Å². The summed E-state index contributed by atoms with van der Waals surface area (Å²) in [7, 11) is 0. The molecule has 1 aromatic heterocycles. The van der Waals surface area contributed by atoms with Gasteiger partial charge in [-0.1, -0.05) is 66.7 Å². The van der Waals surface area contributed by atoms with Gasteiger partial charge in [-0.05, 0) is 76.2 Å². The molecule has 5 aromatic carbocycles. The van der Waals surface area contributed by atoms with Crippen LogP contribution < -0.4 is 11.5 Å². The number of primary amides is 1. The lowest BCUT2D eigenvalue weighted by molar-refractivity contribution is 0.100. The van der Waals surface area contributed by atoms with Gasteiger partial charge in [-0.3, -0.25) is 4.79 Å². The molecule has 6 aromatic rings. The zero-order valence-corrected chi connectivity index (χ0v) is 19.4. The van der Waals surface area contributed by atoms with Crippen molar-refractivity contribution in [3.63, 3.8) is 0 Å². The van der Waals surface area contributed by atoms with E-state index < -0.39 is 5.91 Å². The monoisotopic (exact) mass is 457 g/mol. The molecule has 1 unspecified atom stereocenters. The number of hydrogen-bond acceptors (Lipinski definition) is 2. The number of rotatable bonds is 1. The van der Waals surface area contributed by atoms with Crippen LogP contribution in [0.2, 0.25) is 0 Å². The lowest BCUT2D eigenvalue weighted by atomic mass is 9.84. The predicted molar refractivity (Wildman–Crippen MR) is 146 cm³/mol. The molecular formula is C31H27N3O. The molecule has 172 valence electrons. The number of para-hydroxylation sites is 1. The van der Waals surface area contributed by atoms with Gasteiger partial charge in [0.1, 0.15) is 0 Å². The first-order valence-corrected chi connectivity index (χ1v) is 12.1. The quantitative estimate of drug-likeness (QED) is 0.256. The van der Waals surface area contributed by atoms with Gasteiger partial charge in [0.25, 0.3) is 0 Å². The van der Waals surface area contributed by atoms with Crippen molar-refractivity contribution >= 4 is 49.3 Å². The summed E-state index contributed by atoms with van der Waals surface area (Å²) in [6, 6.07) is 31.5. The third-order valence-corrected chi connectivity index (χ3v) is 7.18. The summed E-state index contributed by atoms with van der Waals surface area (Å²) in [6.07, 6.45) is 3.26. The number of carbonyl (C=O) groups excluding carboxylic acids is 1. The third kappa shape index (κ3) is 3.82. The Morgan fingerprint density at radius 1 is 0.743 bits per heavy atom. The molecule has 1 aliphatic rings. The predicted octanol–water partition coefficient (Wildman–Crippen LogP) is 6.23. The van der Waals surface area contributed by atoms with Crippen LogP contribution in [0.4, 0.5) is 0 Å². The summed E-state index contributed by atoms with van der Waals surface area (Å²) in [5.74, 6) is -0.396. The molecule has 0 spiro atoms. The Morgan fingerprint density at radius 2 is 1.49 bits per heavy atom. The fourth-order valence-electron chi connectivity index (χ4n) is 5.38. The molecule has 35 heavy (non-hydrogen) atoms. The fourth-order valence-corrected chi connectivity index (χ4v) is 5.38. The van der Waals surface area contributed by atoms with Crippen molar-refractivity contribution in [1.82, 2.24) is 4.98 Å². The van der Waals surface area contributed by atoms with Gasteiger partial charge in [0.15, 0.2) is 0 Å². The Morgan fingerprint density at radius 3 is 2.34 bits per heavy atom. The van der Waals surface area contributed by atoms with E-state index in [9.17, 15) is 4.79 Å². The maximum Gasteiger partial charge on any atom is 0.248 e. The van der Waals surface area contributed by atoms with Crippen LogP contribution in [0.25, 0.3) is 43.4 Å². The second-order valence-corrected chi connectivity index (χ2v) is 9.38. The van der Waals surface area contributed by atoms with Gasteiger partial charge < -0.3 is 16.5 Å². The molecule has 1 aliphatic carbocycles.